The highest BCUT2D eigenvalue weighted by atomic mass is 16.7. The highest BCUT2D eigenvalue weighted by Crippen LogP contribution is 2.40. The maximum absolute atomic E-state index is 13.6. The third-order valence-corrected chi connectivity index (χ3v) is 11.2. The Balaban J connectivity index is 1.44. The molecular weight excluding hydrogens is 712 g/mol. The van der Waals surface area contributed by atoms with Crippen LogP contribution in [0.25, 0.3) is 20.9 Å². The molecule has 3 heterocycles. The Morgan fingerprint density at radius 2 is 1.36 bits per heavy atom. The Morgan fingerprint density at radius 1 is 0.727 bits per heavy atom. The SMILES string of the molecule is CCC1OC(C)C(N=[N+]=[N-])C(C)C1OC1OC(C(=O)OC)C(OC2OC(COC(=O)c3ccccc3)C(C)C(C)C2N=[N+]=[N-])C(C)C1OCc1ccccc1. The van der Waals surface area contributed by atoms with Crippen LogP contribution in [0.4, 0.5) is 0 Å². The molecule has 3 saturated heterocycles. The Hall–Kier alpha value is -4.24. The summed E-state index contributed by atoms with van der Waals surface area (Å²) in [4.78, 5) is 32.5. The number of nitrogens with zero attached hydrogens (tertiary/aromatic N) is 6. The number of rotatable bonds is 14. The first-order chi connectivity index (χ1) is 26.5. The van der Waals surface area contributed by atoms with Crippen LogP contribution in [-0.2, 0) is 49.3 Å². The molecule has 0 aliphatic carbocycles. The molecule has 15 unspecified atom stereocenters. The van der Waals surface area contributed by atoms with Crippen molar-refractivity contribution in [3.8, 4) is 0 Å². The summed E-state index contributed by atoms with van der Waals surface area (Å²) in [7, 11) is 1.25. The van der Waals surface area contributed by atoms with Crippen molar-refractivity contribution in [2.24, 2.45) is 33.9 Å². The molecule has 16 nitrogen and oxygen atoms in total. The lowest BCUT2D eigenvalue weighted by atomic mass is 9.82. The maximum atomic E-state index is 13.6. The fourth-order valence-corrected chi connectivity index (χ4v) is 7.73. The van der Waals surface area contributed by atoms with Crippen molar-refractivity contribution in [3.05, 3.63) is 92.7 Å². The number of hydrogen-bond donors (Lipinski definition) is 0. The average molecular weight is 765 g/mol. The average Bonchev–Trinajstić information content (AvgIpc) is 3.20. The zero-order chi connectivity index (χ0) is 39.6. The number of methoxy groups -OCH3 is 1. The number of ether oxygens (including phenoxy) is 8. The van der Waals surface area contributed by atoms with Gasteiger partial charge in [-0.05, 0) is 59.9 Å². The second-order valence-electron chi connectivity index (χ2n) is 14.5. The number of benzene rings is 2. The van der Waals surface area contributed by atoms with Crippen molar-refractivity contribution in [1.82, 2.24) is 0 Å². The van der Waals surface area contributed by atoms with E-state index in [1.165, 1.54) is 7.11 Å². The van der Waals surface area contributed by atoms with Gasteiger partial charge in [-0.25, -0.2) is 9.59 Å². The van der Waals surface area contributed by atoms with Gasteiger partial charge in [-0.15, -0.1) is 0 Å². The smallest absolute Gasteiger partial charge is 0.338 e. The van der Waals surface area contributed by atoms with Crippen LogP contribution in [0, 0.1) is 23.7 Å². The van der Waals surface area contributed by atoms with Crippen molar-refractivity contribution in [3.63, 3.8) is 0 Å². The van der Waals surface area contributed by atoms with Crippen LogP contribution in [-0.4, -0.2) is 93.0 Å². The van der Waals surface area contributed by atoms with E-state index in [0.29, 0.717) is 12.0 Å². The lowest BCUT2D eigenvalue weighted by Gasteiger charge is -2.50. The molecule has 3 fully saturated rings. The van der Waals surface area contributed by atoms with Gasteiger partial charge in [-0.3, -0.25) is 0 Å². The van der Waals surface area contributed by atoms with Gasteiger partial charge in [0.15, 0.2) is 18.7 Å². The van der Waals surface area contributed by atoms with Gasteiger partial charge in [0.05, 0.1) is 55.8 Å². The zero-order valence-corrected chi connectivity index (χ0v) is 32.3. The minimum atomic E-state index is -1.33. The Labute approximate surface area is 321 Å². The molecule has 3 aliphatic rings. The van der Waals surface area contributed by atoms with E-state index < -0.39 is 73.0 Å². The fraction of sp³-hybridized carbons (Fsp3) is 0.641. The molecule has 3 aliphatic heterocycles. The maximum Gasteiger partial charge on any atom is 0.338 e. The molecule has 5 rings (SSSR count). The summed E-state index contributed by atoms with van der Waals surface area (Å²) in [6.45, 7) is 11.6. The molecule has 0 aromatic heterocycles. The summed E-state index contributed by atoms with van der Waals surface area (Å²) in [6, 6.07) is 16.9. The molecule has 0 spiro atoms. The highest BCUT2D eigenvalue weighted by Gasteiger charge is 2.54. The fourth-order valence-electron chi connectivity index (χ4n) is 7.73. The first-order valence-electron chi connectivity index (χ1n) is 18.8. The molecule has 0 saturated carbocycles. The predicted molar refractivity (Wildman–Crippen MR) is 198 cm³/mol. The minimum absolute atomic E-state index is 0.0896. The molecule has 55 heavy (non-hydrogen) atoms. The largest absolute Gasteiger partial charge is 0.467 e. The normalized spacial score (nSPS) is 36.1. The van der Waals surface area contributed by atoms with Crippen LogP contribution in [0.3, 0.4) is 0 Å². The van der Waals surface area contributed by atoms with E-state index in [2.05, 4.69) is 20.1 Å². The van der Waals surface area contributed by atoms with Gasteiger partial charge in [0.2, 0.25) is 0 Å². The van der Waals surface area contributed by atoms with Gasteiger partial charge in [0, 0.05) is 15.7 Å². The van der Waals surface area contributed by atoms with Crippen LogP contribution >= 0.6 is 0 Å². The molecule has 2 aromatic rings. The number of hydrogen-bond acceptors (Lipinski definition) is 12. The second-order valence-corrected chi connectivity index (χ2v) is 14.5. The molecule has 15 atom stereocenters. The third kappa shape index (κ3) is 9.77. The van der Waals surface area contributed by atoms with E-state index in [9.17, 15) is 20.7 Å². The molecule has 0 bridgehead atoms. The highest BCUT2D eigenvalue weighted by molar-refractivity contribution is 5.89. The quantitative estimate of drug-likeness (QED) is 0.0840. The summed E-state index contributed by atoms with van der Waals surface area (Å²) in [5.74, 6) is -2.60. The van der Waals surface area contributed by atoms with Gasteiger partial charge in [-0.1, -0.05) is 93.4 Å². The lowest BCUT2D eigenvalue weighted by molar-refractivity contribution is -0.346. The topological polar surface area (TPSA) is 206 Å². The summed E-state index contributed by atoms with van der Waals surface area (Å²) in [5, 5.41) is 8.07. The lowest BCUT2D eigenvalue weighted by Crippen LogP contribution is -2.63. The van der Waals surface area contributed by atoms with Gasteiger partial charge in [0.1, 0.15) is 18.8 Å². The van der Waals surface area contributed by atoms with Crippen molar-refractivity contribution in [1.29, 1.82) is 0 Å². The molecule has 0 N–H and O–H groups in total. The van der Waals surface area contributed by atoms with E-state index in [1.807, 2.05) is 71.9 Å². The van der Waals surface area contributed by atoms with Gasteiger partial charge in [0.25, 0.3) is 0 Å². The van der Waals surface area contributed by atoms with Crippen LogP contribution in [0.1, 0.15) is 63.9 Å². The van der Waals surface area contributed by atoms with E-state index >= 15 is 0 Å². The first-order valence-corrected chi connectivity index (χ1v) is 18.8. The first kappa shape index (κ1) is 41.9. The minimum Gasteiger partial charge on any atom is -0.467 e. The summed E-state index contributed by atoms with van der Waals surface area (Å²) < 4.78 is 50.1. The summed E-state index contributed by atoms with van der Waals surface area (Å²) in [6.07, 6.45) is -6.80. The number of esters is 2. The summed E-state index contributed by atoms with van der Waals surface area (Å²) >= 11 is 0. The molecule has 0 radical (unpaired) electrons. The zero-order valence-electron chi connectivity index (χ0n) is 32.3. The van der Waals surface area contributed by atoms with Crippen molar-refractivity contribution < 1.29 is 47.5 Å². The molecule has 298 valence electrons. The monoisotopic (exact) mass is 764 g/mol. The van der Waals surface area contributed by atoms with Gasteiger partial charge in [-0.2, -0.15) is 0 Å². The van der Waals surface area contributed by atoms with E-state index in [1.54, 1.807) is 30.3 Å². The van der Waals surface area contributed by atoms with E-state index in [0.717, 1.165) is 5.56 Å². The molecular formula is C39H52N6O10. The Kier molecular flexibility index (Phi) is 14.9. The van der Waals surface area contributed by atoms with Gasteiger partial charge < -0.3 is 37.9 Å². The number of carbonyl (C=O) groups excluding carboxylic acids is 2. The molecule has 2 aromatic carbocycles. The van der Waals surface area contributed by atoms with Crippen LogP contribution in [0.15, 0.2) is 70.9 Å². The van der Waals surface area contributed by atoms with Crippen molar-refractivity contribution in [2.75, 3.05) is 13.7 Å². The number of azide groups is 2. The van der Waals surface area contributed by atoms with Crippen LogP contribution < -0.4 is 0 Å². The Bertz CT molecular complexity index is 1660. The standard InChI is InChI=1S/C39H52N6O10/c1-8-28-32(23(4)30(42-44-40)25(6)51-28)53-39-34(49-19-26-15-11-9-12-16-26)24(5)33(35(55-39)37(47)48-7)54-38-31(43-45-41)22(3)21(2)29(52-38)20-50-36(46)27-17-13-10-14-18-27/h9-18,21-25,28-35,38-39H,8,19-20H2,1-7H3. The van der Waals surface area contributed by atoms with E-state index in [-0.39, 0.29) is 43.2 Å². The van der Waals surface area contributed by atoms with E-state index in [4.69, 9.17) is 37.9 Å². The van der Waals surface area contributed by atoms with Gasteiger partial charge >= 0.3 is 11.9 Å². The molecule has 16 heteroatoms. The van der Waals surface area contributed by atoms with Crippen molar-refractivity contribution >= 4 is 11.9 Å². The molecule has 0 amide bonds. The predicted octanol–water partition coefficient (Wildman–Crippen LogP) is 6.92. The van der Waals surface area contributed by atoms with Crippen LogP contribution in [0.5, 0.6) is 0 Å². The summed E-state index contributed by atoms with van der Waals surface area (Å²) in [5.41, 5.74) is 20.2. The second kappa shape index (κ2) is 19.6. The van der Waals surface area contributed by atoms with Crippen LogP contribution in [0.2, 0.25) is 0 Å². The Morgan fingerprint density at radius 3 is 2.00 bits per heavy atom. The van der Waals surface area contributed by atoms with Crippen molar-refractivity contribution in [2.45, 2.75) is 122 Å². The third-order valence-electron chi connectivity index (χ3n) is 11.2. The number of carbonyl (C=O) groups is 2.